The Bertz CT molecular complexity index is 367. The summed E-state index contributed by atoms with van der Waals surface area (Å²) in [6.07, 6.45) is 3.68. The summed E-state index contributed by atoms with van der Waals surface area (Å²) in [5, 5.41) is 4.39. The van der Waals surface area contributed by atoms with E-state index in [2.05, 4.69) is 32.1 Å². The fraction of sp³-hybridized carbons (Fsp3) is 0.667. The number of aromatic nitrogens is 2. The number of rotatable bonds is 5. The van der Waals surface area contributed by atoms with Crippen LogP contribution in [0.15, 0.2) is 17.4 Å². The quantitative estimate of drug-likeness (QED) is 0.620. The van der Waals surface area contributed by atoms with Crippen molar-refractivity contribution < 1.29 is 0 Å². The number of piperazine rings is 1. The van der Waals surface area contributed by atoms with Crippen molar-refractivity contribution in [3.8, 4) is 0 Å². The summed E-state index contributed by atoms with van der Waals surface area (Å²) in [5.41, 5.74) is 0. The van der Waals surface area contributed by atoms with Gasteiger partial charge in [0, 0.05) is 52.4 Å². The predicted octanol–water partition coefficient (Wildman–Crippen LogP) is 0.540. The maximum Gasteiger partial charge on any atom is 0.132 e. The fourth-order valence-electron chi connectivity index (χ4n) is 1.99. The summed E-state index contributed by atoms with van der Waals surface area (Å²) in [6, 6.07) is 2.04. The highest BCUT2D eigenvalue weighted by Crippen LogP contribution is 2.16. The molecule has 18 heavy (non-hydrogen) atoms. The molecular formula is C12H21N5S. The van der Waals surface area contributed by atoms with Crippen LogP contribution in [0, 0.1) is 0 Å². The Labute approximate surface area is 113 Å². The molecule has 1 aromatic heterocycles. The van der Waals surface area contributed by atoms with Crippen LogP contribution in [-0.4, -0.2) is 67.4 Å². The first-order chi connectivity index (χ1) is 8.79. The van der Waals surface area contributed by atoms with Gasteiger partial charge in [0.1, 0.15) is 17.2 Å². The van der Waals surface area contributed by atoms with Crippen LogP contribution in [0.25, 0.3) is 0 Å². The summed E-state index contributed by atoms with van der Waals surface area (Å²) in [5.74, 6) is 1.00. The van der Waals surface area contributed by atoms with Gasteiger partial charge in [0.2, 0.25) is 0 Å². The Morgan fingerprint density at radius 3 is 2.89 bits per heavy atom. The Morgan fingerprint density at radius 1 is 1.39 bits per heavy atom. The van der Waals surface area contributed by atoms with Crippen molar-refractivity contribution in [1.29, 1.82) is 0 Å². The zero-order chi connectivity index (χ0) is 12.8. The second-order valence-corrected chi connectivity index (χ2v) is 5.26. The topological polar surface area (TPSA) is 44.3 Å². The van der Waals surface area contributed by atoms with E-state index in [0.29, 0.717) is 0 Å². The SMILES string of the molecule is CSc1cc(N(C)CCN2CCNCC2)ncn1. The molecular weight excluding hydrogens is 246 g/mol. The van der Waals surface area contributed by atoms with Gasteiger partial charge >= 0.3 is 0 Å². The van der Waals surface area contributed by atoms with Crippen molar-refractivity contribution in [3.05, 3.63) is 12.4 Å². The van der Waals surface area contributed by atoms with Crippen LogP contribution in [0.1, 0.15) is 0 Å². The minimum absolute atomic E-state index is 1.00. The van der Waals surface area contributed by atoms with E-state index in [1.165, 1.54) is 0 Å². The zero-order valence-corrected chi connectivity index (χ0v) is 11.9. The number of hydrogen-bond donors (Lipinski definition) is 1. The van der Waals surface area contributed by atoms with Gasteiger partial charge in [-0.2, -0.15) is 0 Å². The number of thioether (sulfide) groups is 1. The van der Waals surface area contributed by atoms with Gasteiger partial charge in [0.15, 0.2) is 0 Å². The van der Waals surface area contributed by atoms with Crippen LogP contribution in [0.2, 0.25) is 0 Å². The van der Waals surface area contributed by atoms with E-state index in [1.807, 2.05) is 12.3 Å². The van der Waals surface area contributed by atoms with E-state index in [4.69, 9.17) is 0 Å². The van der Waals surface area contributed by atoms with E-state index in [0.717, 1.165) is 50.1 Å². The van der Waals surface area contributed by atoms with Crippen molar-refractivity contribution in [2.24, 2.45) is 0 Å². The third-order valence-electron chi connectivity index (χ3n) is 3.19. The summed E-state index contributed by atoms with van der Waals surface area (Å²) < 4.78 is 0. The van der Waals surface area contributed by atoms with Gasteiger partial charge < -0.3 is 10.2 Å². The summed E-state index contributed by atoms with van der Waals surface area (Å²) >= 11 is 1.65. The molecule has 1 saturated heterocycles. The molecule has 0 aromatic carbocycles. The standard InChI is InChI=1S/C12H21N5S/c1-16(7-8-17-5-3-13-4-6-17)11-9-12(18-2)15-10-14-11/h9-10,13H,3-8H2,1-2H3. The van der Waals surface area contributed by atoms with Gasteiger partial charge in [-0.3, -0.25) is 4.90 Å². The Balaban J connectivity index is 1.84. The molecule has 1 fully saturated rings. The smallest absolute Gasteiger partial charge is 0.132 e. The van der Waals surface area contributed by atoms with Crippen molar-refractivity contribution in [2.75, 3.05) is 57.5 Å². The number of nitrogens with one attached hydrogen (secondary N) is 1. The Hall–Kier alpha value is -0.850. The molecule has 0 radical (unpaired) electrons. The number of hydrogen-bond acceptors (Lipinski definition) is 6. The van der Waals surface area contributed by atoms with E-state index in [9.17, 15) is 0 Å². The van der Waals surface area contributed by atoms with E-state index in [-0.39, 0.29) is 0 Å². The molecule has 6 heteroatoms. The number of likely N-dealkylation sites (N-methyl/N-ethyl adjacent to an activating group) is 1. The van der Waals surface area contributed by atoms with Crippen molar-refractivity contribution in [3.63, 3.8) is 0 Å². The third-order valence-corrected chi connectivity index (χ3v) is 3.83. The minimum atomic E-state index is 1.00. The molecule has 0 atom stereocenters. The van der Waals surface area contributed by atoms with Gasteiger partial charge in [-0.1, -0.05) is 0 Å². The summed E-state index contributed by atoms with van der Waals surface area (Å²) in [6.45, 7) is 6.60. The first-order valence-electron chi connectivity index (χ1n) is 6.30. The molecule has 5 nitrogen and oxygen atoms in total. The first kappa shape index (κ1) is 13.6. The van der Waals surface area contributed by atoms with Crippen molar-refractivity contribution in [2.45, 2.75) is 5.03 Å². The summed E-state index contributed by atoms with van der Waals surface area (Å²) in [7, 11) is 2.09. The van der Waals surface area contributed by atoms with Crippen LogP contribution >= 0.6 is 11.8 Å². The van der Waals surface area contributed by atoms with Gasteiger partial charge in [-0.25, -0.2) is 9.97 Å². The summed E-state index contributed by atoms with van der Waals surface area (Å²) in [4.78, 5) is 13.2. The van der Waals surface area contributed by atoms with Crippen LogP contribution in [0.4, 0.5) is 5.82 Å². The molecule has 1 aromatic rings. The monoisotopic (exact) mass is 267 g/mol. The van der Waals surface area contributed by atoms with Crippen LogP contribution < -0.4 is 10.2 Å². The zero-order valence-electron chi connectivity index (χ0n) is 11.1. The van der Waals surface area contributed by atoms with Crippen LogP contribution in [-0.2, 0) is 0 Å². The first-order valence-corrected chi connectivity index (χ1v) is 7.52. The highest BCUT2D eigenvalue weighted by atomic mass is 32.2. The molecule has 1 aliphatic heterocycles. The molecule has 0 aliphatic carbocycles. The lowest BCUT2D eigenvalue weighted by molar-refractivity contribution is 0.246. The second kappa shape index (κ2) is 6.92. The molecule has 0 saturated carbocycles. The lowest BCUT2D eigenvalue weighted by atomic mass is 10.3. The van der Waals surface area contributed by atoms with E-state index >= 15 is 0 Å². The van der Waals surface area contributed by atoms with Gasteiger partial charge in [0.05, 0.1) is 0 Å². The molecule has 0 bridgehead atoms. The second-order valence-electron chi connectivity index (χ2n) is 4.43. The lowest BCUT2D eigenvalue weighted by Crippen LogP contribution is -2.46. The van der Waals surface area contributed by atoms with Crippen LogP contribution in [0.3, 0.4) is 0 Å². The number of anilines is 1. The Kier molecular flexibility index (Phi) is 5.22. The third kappa shape index (κ3) is 3.83. The van der Waals surface area contributed by atoms with E-state index in [1.54, 1.807) is 18.1 Å². The van der Waals surface area contributed by atoms with Gasteiger partial charge in [-0.05, 0) is 6.26 Å². The van der Waals surface area contributed by atoms with Crippen molar-refractivity contribution in [1.82, 2.24) is 20.2 Å². The average Bonchev–Trinajstić information content (AvgIpc) is 2.46. The van der Waals surface area contributed by atoms with Crippen LogP contribution in [0.5, 0.6) is 0 Å². The van der Waals surface area contributed by atoms with Gasteiger partial charge in [-0.15, -0.1) is 11.8 Å². The van der Waals surface area contributed by atoms with Crippen molar-refractivity contribution >= 4 is 17.6 Å². The highest BCUT2D eigenvalue weighted by molar-refractivity contribution is 7.98. The Morgan fingerprint density at radius 2 is 2.17 bits per heavy atom. The molecule has 1 N–H and O–H groups in total. The lowest BCUT2D eigenvalue weighted by Gasteiger charge is -2.29. The molecule has 0 amide bonds. The molecule has 0 unspecified atom stereocenters. The average molecular weight is 267 g/mol. The fourth-order valence-corrected chi connectivity index (χ4v) is 2.37. The molecule has 0 spiro atoms. The maximum atomic E-state index is 4.32. The van der Waals surface area contributed by atoms with Gasteiger partial charge in [0.25, 0.3) is 0 Å². The molecule has 100 valence electrons. The largest absolute Gasteiger partial charge is 0.358 e. The highest BCUT2D eigenvalue weighted by Gasteiger charge is 2.11. The molecule has 2 heterocycles. The number of nitrogens with zero attached hydrogens (tertiary/aromatic N) is 4. The van der Waals surface area contributed by atoms with E-state index < -0.39 is 0 Å². The normalized spacial score (nSPS) is 16.8. The predicted molar refractivity (Wildman–Crippen MR) is 76.4 cm³/mol. The molecule has 2 rings (SSSR count). The minimum Gasteiger partial charge on any atom is -0.358 e. The maximum absolute atomic E-state index is 4.32. The molecule has 1 aliphatic rings.